The Balaban J connectivity index is 2.98. The highest BCUT2D eigenvalue weighted by atomic mass is 14.8. The van der Waals surface area contributed by atoms with Crippen LogP contribution < -0.4 is 5.32 Å². The molecule has 0 aliphatic rings. The molecule has 0 spiro atoms. The zero-order valence-electron chi connectivity index (χ0n) is 6.91. The van der Waals surface area contributed by atoms with Crippen LogP contribution >= 0.6 is 0 Å². The lowest BCUT2D eigenvalue weighted by molar-refractivity contribution is 1.11. The van der Waals surface area contributed by atoms with Crippen molar-refractivity contribution in [2.45, 2.75) is 0 Å². The third-order valence-electron chi connectivity index (χ3n) is 1.47. The van der Waals surface area contributed by atoms with Crippen molar-refractivity contribution in [2.24, 2.45) is 0 Å². The van der Waals surface area contributed by atoms with E-state index in [2.05, 4.69) is 10.2 Å². The van der Waals surface area contributed by atoms with Crippen LogP contribution in [0, 0.1) is 6.57 Å². The van der Waals surface area contributed by atoms with Crippen LogP contribution in [0.15, 0.2) is 36.5 Å². The second kappa shape index (κ2) is 4.20. The zero-order valence-corrected chi connectivity index (χ0v) is 6.91. The fourth-order valence-corrected chi connectivity index (χ4v) is 0.926. The van der Waals surface area contributed by atoms with Crippen LogP contribution in [0.3, 0.4) is 0 Å². The van der Waals surface area contributed by atoms with E-state index in [9.17, 15) is 0 Å². The molecule has 1 rings (SSSR count). The lowest BCUT2D eigenvalue weighted by Crippen LogP contribution is -1.93. The first-order valence-corrected chi connectivity index (χ1v) is 3.69. The SMILES string of the molecule is [C-]#[N+]/C(=C/NC)c1ccccc1. The van der Waals surface area contributed by atoms with E-state index in [1.54, 1.807) is 13.2 Å². The standard InChI is InChI=1S/C10H10N2/c1-11-8-10(12-2)9-6-4-3-5-7-9/h3-8,11H,1H3/b10-8+. The molecule has 60 valence electrons. The number of rotatable bonds is 2. The Bertz CT molecular complexity index is 306. The Hall–Kier alpha value is -1.75. The monoisotopic (exact) mass is 158 g/mol. The van der Waals surface area contributed by atoms with Crippen molar-refractivity contribution in [2.75, 3.05) is 7.05 Å². The van der Waals surface area contributed by atoms with Gasteiger partial charge in [-0.05, 0) is 5.56 Å². The van der Waals surface area contributed by atoms with E-state index in [4.69, 9.17) is 6.57 Å². The molecule has 0 aliphatic carbocycles. The number of hydrogen-bond donors (Lipinski definition) is 1. The molecule has 1 aromatic rings. The molecule has 0 unspecified atom stereocenters. The van der Waals surface area contributed by atoms with Crippen LogP contribution in [0.5, 0.6) is 0 Å². The van der Waals surface area contributed by atoms with Crippen molar-refractivity contribution < 1.29 is 0 Å². The second-order valence-corrected chi connectivity index (χ2v) is 2.30. The predicted molar refractivity (Wildman–Crippen MR) is 50.1 cm³/mol. The summed E-state index contributed by atoms with van der Waals surface area (Å²) in [5.74, 6) is 0. The van der Waals surface area contributed by atoms with Gasteiger partial charge in [0.2, 0.25) is 5.70 Å². The van der Waals surface area contributed by atoms with E-state index < -0.39 is 0 Å². The van der Waals surface area contributed by atoms with Crippen LogP contribution in [0.2, 0.25) is 0 Å². The highest BCUT2D eigenvalue weighted by molar-refractivity contribution is 5.70. The third-order valence-corrected chi connectivity index (χ3v) is 1.47. The van der Waals surface area contributed by atoms with Gasteiger partial charge in [0.25, 0.3) is 0 Å². The van der Waals surface area contributed by atoms with Gasteiger partial charge in [-0.25, -0.2) is 4.85 Å². The minimum atomic E-state index is 0.637. The summed E-state index contributed by atoms with van der Waals surface area (Å²) >= 11 is 0. The molecule has 0 fully saturated rings. The van der Waals surface area contributed by atoms with E-state index in [1.807, 2.05) is 30.3 Å². The molecule has 0 saturated carbocycles. The summed E-state index contributed by atoms with van der Waals surface area (Å²) in [7, 11) is 1.79. The molecule has 0 atom stereocenters. The van der Waals surface area contributed by atoms with Crippen molar-refractivity contribution in [3.8, 4) is 0 Å². The average molecular weight is 158 g/mol. The molecule has 2 heteroatoms. The van der Waals surface area contributed by atoms with E-state index >= 15 is 0 Å². The van der Waals surface area contributed by atoms with Crippen LogP contribution in [0.25, 0.3) is 10.5 Å². The quantitative estimate of drug-likeness (QED) is 0.652. The van der Waals surface area contributed by atoms with Gasteiger partial charge in [-0.1, -0.05) is 30.3 Å². The minimum absolute atomic E-state index is 0.637. The highest BCUT2D eigenvalue weighted by Crippen LogP contribution is 2.13. The van der Waals surface area contributed by atoms with E-state index in [1.165, 1.54) is 0 Å². The molecule has 0 aliphatic heterocycles. The van der Waals surface area contributed by atoms with Crippen molar-refractivity contribution >= 4 is 5.70 Å². The lowest BCUT2D eigenvalue weighted by Gasteiger charge is -1.96. The molecule has 0 aromatic heterocycles. The molecular formula is C10H10N2. The van der Waals surface area contributed by atoms with Gasteiger partial charge in [0.15, 0.2) is 0 Å². The van der Waals surface area contributed by atoms with Crippen molar-refractivity contribution in [3.63, 3.8) is 0 Å². The molecule has 0 bridgehead atoms. The first-order valence-electron chi connectivity index (χ1n) is 3.69. The highest BCUT2D eigenvalue weighted by Gasteiger charge is 1.96. The molecule has 0 radical (unpaired) electrons. The van der Waals surface area contributed by atoms with Gasteiger partial charge in [-0.2, -0.15) is 0 Å². The largest absolute Gasteiger partial charge is 0.403 e. The third kappa shape index (κ3) is 1.86. The van der Waals surface area contributed by atoms with Crippen LogP contribution in [-0.2, 0) is 0 Å². The van der Waals surface area contributed by atoms with Gasteiger partial charge < -0.3 is 5.32 Å². The van der Waals surface area contributed by atoms with E-state index in [0.717, 1.165) is 5.56 Å². The normalized spacial score (nSPS) is 10.5. The van der Waals surface area contributed by atoms with Gasteiger partial charge in [-0.3, -0.25) is 0 Å². The zero-order chi connectivity index (χ0) is 8.81. The Morgan fingerprint density at radius 1 is 1.42 bits per heavy atom. The van der Waals surface area contributed by atoms with Gasteiger partial charge >= 0.3 is 0 Å². The first-order chi connectivity index (χ1) is 5.88. The molecule has 1 N–H and O–H groups in total. The number of nitrogens with zero attached hydrogens (tertiary/aromatic N) is 1. The first kappa shape index (κ1) is 8.35. The maximum absolute atomic E-state index is 6.92. The number of hydrogen-bond acceptors (Lipinski definition) is 1. The second-order valence-electron chi connectivity index (χ2n) is 2.30. The summed E-state index contributed by atoms with van der Waals surface area (Å²) in [4.78, 5) is 3.40. The van der Waals surface area contributed by atoms with Crippen LogP contribution in [0.1, 0.15) is 5.56 Å². The Morgan fingerprint density at radius 3 is 2.58 bits per heavy atom. The minimum Gasteiger partial charge on any atom is -0.403 e. The average Bonchev–Trinajstić information content (AvgIpc) is 2.15. The predicted octanol–water partition coefficient (Wildman–Crippen LogP) is 2.12. The molecule has 0 heterocycles. The molecule has 0 amide bonds. The summed E-state index contributed by atoms with van der Waals surface area (Å²) in [6, 6.07) is 9.61. The summed E-state index contributed by atoms with van der Waals surface area (Å²) in [5.41, 5.74) is 1.58. The number of benzene rings is 1. The summed E-state index contributed by atoms with van der Waals surface area (Å²) in [6.45, 7) is 6.92. The molecule has 2 nitrogen and oxygen atoms in total. The Kier molecular flexibility index (Phi) is 2.92. The van der Waals surface area contributed by atoms with Gasteiger partial charge in [0, 0.05) is 13.2 Å². The Labute approximate surface area is 72.4 Å². The fourth-order valence-electron chi connectivity index (χ4n) is 0.926. The number of nitrogens with one attached hydrogen (secondary N) is 1. The van der Waals surface area contributed by atoms with Gasteiger partial charge in [0.05, 0.1) is 6.57 Å². The lowest BCUT2D eigenvalue weighted by atomic mass is 10.2. The van der Waals surface area contributed by atoms with Crippen LogP contribution in [0.4, 0.5) is 0 Å². The summed E-state index contributed by atoms with van der Waals surface area (Å²) in [6.07, 6.45) is 1.70. The van der Waals surface area contributed by atoms with E-state index in [0.29, 0.717) is 5.70 Å². The molecule has 0 saturated heterocycles. The summed E-state index contributed by atoms with van der Waals surface area (Å²) in [5, 5.41) is 2.84. The van der Waals surface area contributed by atoms with Crippen molar-refractivity contribution in [1.29, 1.82) is 0 Å². The van der Waals surface area contributed by atoms with Gasteiger partial charge in [0.1, 0.15) is 0 Å². The topological polar surface area (TPSA) is 16.4 Å². The smallest absolute Gasteiger partial charge is 0.209 e. The van der Waals surface area contributed by atoms with Gasteiger partial charge in [-0.15, -0.1) is 0 Å². The molecule has 12 heavy (non-hydrogen) atoms. The maximum Gasteiger partial charge on any atom is 0.209 e. The van der Waals surface area contributed by atoms with Crippen LogP contribution in [-0.4, -0.2) is 7.05 Å². The van der Waals surface area contributed by atoms with E-state index in [-0.39, 0.29) is 0 Å². The maximum atomic E-state index is 6.92. The summed E-state index contributed by atoms with van der Waals surface area (Å²) < 4.78 is 0. The molecule has 1 aromatic carbocycles. The fraction of sp³-hybridized carbons (Fsp3) is 0.100. The molecular weight excluding hydrogens is 148 g/mol. The van der Waals surface area contributed by atoms with Crippen molar-refractivity contribution in [1.82, 2.24) is 5.32 Å². The van der Waals surface area contributed by atoms with Crippen molar-refractivity contribution in [3.05, 3.63) is 53.5 Å². The Morgan fingerprint density at radius 2 is 2.08 bits per heavy atom.